The van der Waals surface area contributed by atoms with Gasteiger partial charge in [0.1, 0.15) is 6.54 Å². The van der Waals surface area contributed by atoms with E-state index in [1.165, 1.54) is 19.4 Å². The molecule has 0 aliphatic carbocycles. The number of hydrogen-bond acceptors (Lipinski definition) is 4. The third-order valence-electron chi connectivity index (χ3n) is 1.59. The molecule has 0 bridgehead atoms. The fraction of sp³-hybridized carbons (Fsp3) is 0.222. The number of pyridine rings is 1. The number of aromatic nitrogens is 1. The topological polar surface area (TPSA) is 77.4 Å². The molecule has 1 aromatic heterocycles. The first-order valence-corrected chi connectivity index (χ1v) is 4.09. The molecule has 0 aliphatic rings. The Bertz CT molecular complexity index is 424. The van der Waals surface area contributed by atoms with Gasteiger partial charge in [0.2, 0.25) is 0 Å². The van der Waals surface area contributed by atoms with E-state index in [-0.39, 0.29) is 6.54 Å². The summed E-state index contributed by atoms with van der Waals surface area (Å²) in [4.78, 5) is 33.1. The van der Waals surface area contributed by atoms with Crippen molar-refractivity contribution in [1.82, 2.24) is 9.88 Å². The number of nitrogens with zero attached hydrogens (tertiary/aromatic N) is 1. The lowest BCUT2D eigenvalue weighted by Gasteiger charge is -2.04. The Hall–Kier alpha value is -2.11. The van der Waals surface area contributed by atoms with Crippen molar-refractivity contribution in [3.8, 4) is 0 Å². The molecule has 6 nitrogen and oxygen atoms in total. The number of ether oxygens (including phenoxy) is 1. The van der Waals surface area contributed by atoms with Crippen LogP contribution in [0, 0.1) is 6.07 Å². The number of carbonyl (C=O) groups excluding carboxylic acids is 2. The Morgan fingerprint density at radius 2 is 2.33 bits per heavy atom. The van der Waals surface area contributed by atoms with Gasteiger partial charge in [-0.2, -0.15) is 0 Å². The monoisotopic (exact) mass is 209 g/mol. The van der Waals surface area contributed by atoms with E-state index in [0.717, 1.165) is 10.6 Å². The van der Waals surface area contributed by atoms with Gasteiger partial charge >= 0.3 is 12.0 Å². The van der Waals surface area contributed by atoms with E-state index >= 15 is 0 Å². The van der Waals surface area contributed by atoms with Crippen molar-refractivity contribution < 1.29 is 14.3 Å². The molecule has 1 radical (unpaired) electrons. The largest absolute Gasteiger partial charge is 0.468 e. The fourth-order valence-corrected chi connectivity index (χ4v) is 0.853. The average Bonchev–Trinajstić information content (AvgIpc) is 2.26. The van der Waals surface area contributed by atoms with Crippen molar-refractivity contribution in [3.05, 3.63) is 34.7 Å². The minimum absolute atomic E-state index is 0.277. The van der Waals surface area contributed by atoms with Crippen LogP contribution >= 0.6 is 0 Å². The number of esters is 1. The minimum atomic E-state index is -0.681. The summed E-state index contributed by atoms with van der Waals surface area (Å²) in [6.45, 7) is -0.277. The van der Waals surface area contributed by atoms with Gasteiger partial charge in [0.25, 0.3) is 5.56 Å². The van der Waals surface area contributed by atoms with E-state index in [1.54, 1.807) is 0 Å². The van der Waals surface area contributed by atoms with E-state index in [4.69, 9.17) is 0 Å². The molecular weight excluding hydrogens is 200 g/mol. The van der Waals surface area contributed by atoms with Crippen LogP contribution in [0.3, 0.4) is 0 Å². The van der Waals surface area contributed by atoms with Crippen molar-refractivity contribution in [1.29, 1.82) is 0 Å². The van der Waals surface area contributed by atoms with Crippen LogP contribution in [0.2, 0.25) is 0 Å². The van der Waals surface area contributed by atoms with Gasteiger partial charge in [0.05, 0.1) is 7.11 Å². The summed E-state index contributed by atoms with van der Waals surface area (Å²) in [6.07, 6.45) is 1.26. The van der Waals surface area contributed by atoms with Gasteiger partial charge in [-0.05, 0) is 12.1 Å². The highest BCUT2D eigenvalue weighted by molar-refractivity contribution is 5.82. The molecule has 1 N–H and O–H groups in total. The Morgan fingerprint density at radius 1 is 1.60 bits per heavy atom. The molecular formula is C9H9N2O4. The first-order valence-electron chi connectivity index (χ1n) is 4.09. The summed E-state index contributed by atoms with van der Waals surface area (Å²) >= 11 is 0. The number of carbonyl (C=O) groups is 2. The van der Waals surface area contributed by atoms with Crippen molar-refractivity contribution in [2.45, 2.75) is 0 Å². The van der Waals surface area contributed by atoms with Crippen molar-refractivity contribution in [2.75, 3.05) is 13.7 Å². The Kier molecular flexibility index (Phi) is 3.61. The molecule has 0 aliphatic heterocycles. The maximum Gasteiger partial charge on any atom is 0.329 e. The van der Waals surface area contributed by atoms with Crippen LogP contribution < -0.4 is 10.9 Å². The molecule has 0 unspecified atom stereocenters. The lowest BCUT2D eigenvalue weighted by Crippen LogP contribution is -2.38. The van der Waals surface area contributed by atoms with Gasteiger partial charge in [-0.1, -0.05) is 0 Å². The maximum atomic E-state index is 11.3. The molecule has 0 aromatic carbocycles. The molecule has 0 atom stereocenters. The normalized spacial score (nSPS) is 9.40. The zero-order chi connectivity index (χ0) is 11.3. The molecule has 0 saturated carbocycles. The highest BCUT2D eigenvalue weighted by Crippen LogP contribution is 1.81. The molecule has 0 fully saturated rings. The van der Waals surface area contributed by atoms with Crippen molar-refractivity contribution in [2.24, 2.45) is 0 Å². The summed E-state index contributed by atoms with van der Waals surface area (Å²) < 4.78 is 5.15. The first kappa shape index (κ1) is 11.0. The number of hydrogen-bond donors (Lipinski definition) is 1. The molecule has 15 heavy (non-hydrogen) atoms. The smallest absolute Gasteiger partial charge is 0.329 e. The summed E-state index contributed by atoms with van der Waals surface area (Å²) in [5, 5.41) is 2.23. The molecule has 0 spiro atoms. The SMILES string of the molecule is COC(=O)CNC(=O)n1cc[c]cc1=O. The third kappa shape index (κ3) is 2.94. The van der Waals surface area contributed by atoms with Gasteiger partial charge < -0.3 is 10.1 Å². The molecule has 1 rings (SSSR count). The predicted molar refractivity (Wildman–Crippen MR) is 50.4 cm³/mol. The van der Waals surface area contributed by atoms with E-state index in [2.05, 4.69) is 16.1 Å². The van der Waals surface area contributed by atoms with Crippen molar-refractivity contribution >= 4 is 12.0 Å². The molecule has 79 valence electrons. The molecule has 1 aromatic rings. The van der Waals surface area contributed by atoms with Crippen LogP contribution in [0.1, 0.15) is 0 Å². The summed E-state index contributed by atoms with van der Waals surface area (Å²) in [7, 11) is 1.21. The van der Waals surface area contributed by atoms with Crippen molar-refractivity contribution in [3.63, 3.8) is 0 Å². The van der Waals surface area contributed by atoms with Crippen LogP contribution in [0.25, 0.3) is 0 Å². The van der Waals surface area contributed by atoms with E-state index < -0.39 is 17.6 Å². The Morgan fingerprint density at radius 3 is 2.93 bits per heavy atom. The van der Waals surface area contributed by atoms with Crippen LogP contribution in [-0.4, -0.2) is 30.2 Å². The van der Waals surface area contributed by atoms with Crippen LogP contribution in [0.5, 0.6) is 0 Å². The van der Waals surface area contributed by atoms with Gasteiger partial charge in [-0.25, -0.2) is 9.36 Å². The second kappa shape index (κ2) is 4.94. The lowest BCUT2D eigenvalue weighted by atomic mass is 10.5. The van der Waals surface area contributed by atoms with Crippen LogP contribution in [0.4, 0.5) is 4.79 Å². The minimum Gasteiger partial charge on any atom is -0.468 e. The second-order valence-electron chi connectivity index (χ2n) is 2.57. The van der Waals surface area contributed by atoms with Gasteiger partial charge in [0, 0.05) is 12.3 Å². The van der Waals surface area contributed by atoms with Crippen LogP contribution in [-0.2, 0) is 9.53 Å². The lowest BCUT2D eigenvalue weighted by molar-refractivity contribution is -0.139. The predicted octanol–water partition coefficient (Wildman–Crippen LogP) is -0.621. The highest BCUT2D eigenvalue weighted by Gasteiger charge is 2.07. The van der Waals surface area contributed by atoms with Gasteiger partial charge in [0.15, 0.2) is 0 Å². The van der Waals surface area contributed by atoms with Gasteiger partial charge in [-0.15, -0.1) is 0 Å². The maximum absolute atomic E-state index is 11.3. The van der Waals surface area contributed by atoms with E-state index in [9.17, 15) is 14.4 Å². The second-order valence-corrected chi connectivity index (χ2v) is 2.57. The highest BCUT2D eigenvalue weighted by atomic mass is 16.5. The Labute approximate surface area is 85.5 Å². The fourth-order valence-electron chi connectivity index (χ4n) is 0.853. The number of nitrogens with one attached hydrogen (secondary N) is 1. The third-order valence-corrected chi connectivity index (χ3v) is 1.59. The molecule has 1 amide bonds. The summed E-state index contributed by atoms with van der Waals surface area (Å²) in [5.74, 6) is -0.584. The molecule has 1 heterocycles. The van der Waals surface area contributed by atoms with E-state index in [0.29, 0.717) is 0 Å². The molecule has 6 heteroatoms. The standard InChI is InChI=1S/C9H9N2O4/c1-15-8(13)6-10-9(14)11-5-3-2-4-7(11)12/h3-5H,6H2,1H3,(H,10,14). The quantitative estimate of drug-likeness (QED) is 0.658. The zero-order valence-electron chi connectivity index (χ0n) is 8.02. The van der Waals surface area contributed by atoms with Gasteiger partial charge in [-0.3, -0.25) is 9.59 Å². The first-order chi connectivity index (χ1) is 7.15. The van der Waals surface area contributed by atoms with E-state index in [1.807, 2.05) is 0 Å². The summed E-state index contributed by atoms with van der Waals surface area (Å²) in [5.41, 5.74) is -0.514. The number of amides is 1. The molecule has 0 saturated heterocycles. The summed E-state index contributed by atoms with van der Waals surface area (Å²) in [6, 6.07) is 4.38. The van der Waals surface area contributed by atoms with Crippen LogP contribution in [0.15, 0.2) is 23.1 Å². The zero-order valence-corrected chi connectivity index (χ0v) is 8.02. The average molecular weight is 209 g/mol. The number of rotatable bonds is 2. The number of methoxy groups -OCH3 is 1. The Balaban J connectivity index is 2.66.